The monoisotopic (exact) mass is 277 g/mol. The van der Waals surface area contributed by atoms with Gasteiger partial charge in [0.2, 0.25) is 5.91 Å². The third kappa shape index (κ3) is 2.89. The lowest BCUT2D eigenvalue weighted by Gasteiger charge is -2.21. The number of carbonyl (C=O) groups excluding carboxylic acids is 2. The van der Waals surface area contributed by atoms with Crippen molar-refractivity contribution < 1.29 is 14.3 Å². The van der Waals surface area contributed by atoms with Crippen LogP contribution in [-0.2, 0) is 9.53 Å². The second-order valence-corrected chi connectivity index (χ2v) is 4.82. The Hall–Kier alpha value is -2.11. The first-order chi connectivity index (χ1) is 9.67. The van der Waals surface area contributed by atoms with Crippen LogP contribution in [0.5, 0.6) is 0 Å². The van der Waals surface area contributed by atoms with Crippen molar-refractivity contribution in [2.24, 2.45) is 5.92 Å². The zero-order valence-electron chi connectivity index (χ0n) is 11.7. The molecule has 0 aromatic carbocycles. The fraction of sp³-hybridized carbons (Fsp3) is 0.500. The highest BCUT2D eigenvalue weighted by Crippen LogP contribution is 2.29. The van der Waals surface area contributed by atoms with Gasteiger partial charge in [0.05, 0.1) is 18.7 Å². The number of methoxy groups -OCH3 is 1. The summed E-state index contributed by atoms with van der Waals surface area (Å²) in [5.41, 5.74) is 1.05. The molecule has 6 nitrogen and oxygen atoms in total. The molecule has 2 unspecified atom stereocenters. The third-order valence-electron chi connectivity index (χ3n) is 3.67. The molecule has 2 N–H and O–H groups in total. The number of nitrogens with one attached hydrogen (secondary N) is 2. The Kier molecular flexibility index (Phi) is 4.55. The SMILES string of the molecule is CNC(=O)C1CCCC1Nc1ccncc1C(=O)OC. The molecule has 0 aliphatic heterocycles. The van der Waals surface area contributed by atoms with Gasteiger partial charge in [-0.15, -0.1) is 0 Å². The highest BCUT2D eigenvalue weighted by atomic mass is 16.5. The highest BCUT2D eigenvalue weighted by Gasteiger charge is 2.33. The van der Waals surface area contributed by atoms with E-state index in [0.29, 0.717) is 11.3 Å². The van der Waals surface area contributed by atoms with Gasteiger partial charge in [-0.2, -0.15) is 0 Å². The molecule has 20 heavy (non-hydrogen) atoms. The number of esters is 1. The molecule has 2 rings (SSSR count). The predicted molar refractivity (Wildman–Crippen MR) is 74.4 cm³/mol. The molecule has 1 amide bonds. The van der Waals surface area contributed by atoms with Gasteiger partial charge in [-0.25, -0.2) is 4.79 Å². The van der Waals surface area contributed by atoms with Gasteiger partial charge in [-0.05, 0) is 18.9 Å². The minimum Gasteiger partial charge on any atom is -0.465 e. The number of nitrogens with zero attached hydrogens (tertiary/aromatic N) is 1. The normalized spacial score (nSPS) is 21.3. The molecular formula is C14H19N3O3. The molecule has 1 aromatic rings. The summed E-state index contributed by atoms with van der Waals surface area (Å²) in [6.07, 6.45) is 5.84. The van der Waals surface area contributed by atoms with Gasteiger partial charge < -0.3 is 15.4 Å². The van der Waals surface area contributed by atoms with Crippen molar-refractivity contribution in [1.29, 1.82) is 0 Å². The number of rotatable bonds is 4. The summed E-state index contributed by atoms with van der Waals surface area (Å²) in [6.45, 7) is 0. The number of ether oxygens (including phenoxy) is 1. The second-order valence-electron chi connectivity index (χ2n) is 4.82. The molecule has 1 aromatic heterocycles. The van der Waals surface area contributed by atoms with Gasteiger partial charge in [0.1, 0.15) is 5.56 Å². The Bertz CT molecular complexity index is 504. The number of hydrogen-bond acceptors (Lipinski definition) is 5. The van der Waals surface area contributed by atoms with Crippen LogP contribution in [0, 0.1) is 5.92 Å². The van der Waals surface area contributed by atoms with Crippen molar-refractivity contribution >= 4 is 17.6 Å². The summed E-state index contributed by atoms with van der Waals surface area (Å²) in [6, 6.07) is 1.76. The molecule has 0 spiro atoms. The van der Waals surface area contributed by atoms with E-state index >= 15 is 0 Å². The smallest absolute Gasteiger partial charge is 0.341 e. The second kappa shape index (κ2) is 6.36. The molecule has 6 heteroatoms. The van der Waals surface area contributed by atoms with Crippen molar-refractivity contribution in [2.45, 2.75) is 25.3 Å². The number of hydrogen-bond donors (Lipinski definition) is 2. The number of pyridine rings is 1. The topological polar surface area (TPSA) is 80.3 Å². The fourth-order valence-corrected chi connectivity index (χ4v) is 2.62. The minimum absolute atomic E-state index is 0.0285. The Morgan fingerprint density at radius 1 is 1.40 bits per heavy atom. The van der Waals surface area contributed by atoms with Crippen molar-refractivity contribution in [2.75, 3.05) is 19.5 Å². The molecule has 1 saturated carbocycles. The predicted octanol–water partition coefficient (Wildman–Crippen LogP) is 1.19. The van der Waals surface area contributed by atoms with Gasteiger partial charge in [-0.1, -0.05) is 6.42 Å². The number of carbonyl (C=O) groups is 2. The van der Waals surface area contributed by atoms with Crippen LogP contribution in [0.25, 0.3) is 0 Å². The summed E-state index contributed by atoms with van der Waals surface area (Å²) in [4.78, 5) is 27.5. The quantitative estimate of drug-likeness (QED) is 0.808. The van der Waals surface area contributed by atoms with E-state index in [9.17, 15) is 9.59 Å². The molecule has 2 atom stereocenters. The Morgan fingerprint density at radius 2 is 2.20 bits per heavy atom. The van der Waals surface area contributed by atoms with Gasteiger partial charge >= 0.3 is 5.97 Å². The molecule has 1 aliphatic carbocycles. The van der Waals surface area contributed by atoms with Crippen molar-refractivity contribution in [3.05, 3.63) is 24.0 Å². The molecule has 1 heterocycles. The van der Waals surface area contributed by atoms with Crippen molar-refractivity contribution in [3.8, 4) is 0 Å². The molecule has 0 bridgehead atoms. The first-order valence-electron chi connectivity index (χ1n) is 6.67. The van der Waals surface area contributed by atoms with Crippen molar-refractivity contribution in [1.82, 2.24) is 10.3 Å². The lowest BCUT2D eigenvalue weighted by atomic mass is 10.0. The average molecular weight is 277 g/mol. The molecule has 0 radical (unpaired) electrons. The maximum atomic E-state index is 11.8. The van der Waals surface area contributed by atoms with Gasteiger partial charge in [0.25, 0.3) is 0 Å². The van der Waals surface area contributed by atoms with Crippen LogP contribution in [0.2, 0.25) is 0 Å². The van der Waals surface area contributed by atoms with E-state index in [1.807, 2.05) is 0 Å². The highest BCUT2D eigenvalue weighted by molar-refractivity contribution is 5.95. The lowest BCUT2D eigenvalue weighted by molar-refractivity contribution is -0.124. The van der Waals surface area contributed by atoms with Gasteiger partial charge in [0, 0.05) is 25.5 Å². The molecule has 0 saturated heterocycles. The average Bonchev–Trinajstić information content (AvgIpc) is 2.94. The van der Waals surface area contributed by atoms with E-state index < -0.39 is 5.97 Å². The Balaban J connectivity index is 2.17. The van der Waals surface area contributed by atoms with Gasteiger partial charge in [0.15, 0.2) is 0 Å². The molecule has 108 valence electrons. The standard InChI is InChI=1S/C14H19N3O3/c1-15-13(18)9-4-3-5-11(9)17-12-6-7-16-8-10(12)14(19)20-2/h6-9,11H,3-5H2,1-2H3,(H,15,18)(H,16,17). The summed E-state index contributed by atoms with van der Waals surface area (Å²) in [7, 11) is 2.98. The summed E-state index contributed by atoms with van der Waals surface area (Å²) in [5, 5.41) is 5.98. The van der Waals surface area contributed by atoms with E-state index in [1.165, 1.54) is 13.3 Å². The number of aromatic nitrogens is 1. The molecule has 1 aliphatic rings. The maximum Gasteiger partial charge on any atom is 0.341 e. The van der Waals surface area contributed by atoms with Crippen LogP contribution >= 0.6 is 0 Å². The summed E-state index contributed by atoms with van der Waals surface area (Å²) < 4.78 is 4.74. The van der Waals surface area contributed by atoms with Crippen LogP contribution < -0.4 is 10.6 Å². The zero-order valence-corrected chi connectivity index (χ0v) is 11.7. The van der Waals surface area contributed by atoms with Crippen LogP contribution in [-0.4, -0.2) is 37.1 Å². The first kappa shape index (κ1) is 14.3. The summed E-state index contributed by atoms with van der Waals surface area (Å²) >= 11 is 0. The van der Waals surface area contributed by atoms with E-state index in [4.69, 9.17) is 4.74 Å². The van der Waals surface area contributed by atoms with E-state index in [1.54, 1.807) is 19.3 Å². The van der Waals surface area contributed by atoms with Crippen LogP contribution in [0.4, 0.5) is 5.69 Å². The minimum atomic E-state index is -0.435. The maximum absolute atomic E-state index is 11.8. The third-order valence-corrected chi connectivity index (χ3v) is 3.67. The summed E-state index contributed by atoms with van der Waals surface area (Å²) in [5.74, 6) is -0.470. The molecular weight excluding hydrogens is 258 g/mol. The van der Waals surface area contributed by atoms with Gasteiger partial charge in [-0.3, -0.25) is 9.78 Å². The fourth-order valence-electron chi connectivity index (χ4n) is 2.62. The number of anilines is 1. The first-order valence-corrected chi connectivity index (χ1v) is 6.67. The van der Waals surface area contributed by atoms with E-state index in [0.717, 1.165) is 19.3 Å². The molecule has 1 fully saturated rings. The largest absolute Gasteiger partial charge is 0.465 e. The van der Waals surface area contributed by atoms with E-state index in [2.05, 4.69) is 15.6 Å². The lowest BCUT2D eigenvalue weighted by Crippen LogP contribution is -2.36. The zero-order chi connectivity index (χ0) is 14.5. The Morgan fingerprint density at radius 3 is 2.90 bits per heavy atom. The Labute approximate surface area is 117 Å². The number of amides is 1. The van der Waals surface area contributed by atoms with Crippen molar-refractivity contribution in [3.63, 3.8) is 0 Å². The van der Waals surface area contributed by atoms with E-state index in [-0.39, 0.29) is 17.9 Å². The van der Waals surface area contributed by atoms with Crippen LogP contribution in [0.3, 0.4) is 0 Å². The van der Waals surface area contributed by atoms with Crippen LogP contribution in [0.1, 0.15) is 29.6 Å². The van der Waals surface area contributed by atoms with Crippen LogP contribution in [0.15, 0.2) is 18.5 Å².